The number of carbonyl (C=O) groups is 1. The second-order valence-corrected chi connectivity index (χ2v) is 8.75. The molecule has 1 aromatic carbocycles. The third kappa shape index (κ3) is 3.72. The minimum absolute atomic E-state index is 0.229. The maximum absolute atomic E-state index is 12.9. The summed E-state index contributed by atoms with van der Waals surface area (Å²) in [5.41, 5.74) is 1.26. The van der Waals surface area contributed by atoms with E-state index in [1.54, 1.807) is 18.2 Å². The number of hydrogen-bond donors (Lipinski definition) is 1. The van der Waals surface area contributed by atoms with Crippen molar-refractivity contribution < 1.29 is 4.79 Å². The van der Waals surface area contributed by atoms with Gasteiger partial charge < -0.3 is 5.32 Å². The van der Waals surface area contributed by atoms with Crippen molar-refractivity contribution in [3.05, 3.63) is 49.0 Å². The molecule has 0 fully saturated rings. The van der Waals surface area contributed by atoms with E-state index in [1.165, 1.54) is 16.2 Å². The molecule has 0 bridgehead atoms. The maximum Gasteiger partial charge on any atom is 0.279 e. The number of benzene rings is 1. The Balaban J connectivity index is 1.61. The molecule has 0 unspecified atom stereocenters. The van der Waals surface area contributed by atoms with Gasteiger partial charge in [-0.15, -0.1) is 16.4 Å². The van der Waals surface area contributed by atoms with Gasteiger partial charge in [0.15, 0.2) is 4.83 Å². The van der Waals surface area contributed by atoms with Crippen LogP contribution in [0.25, 0.3) is 10.2 Å². The van der Waals surface area contributed by atoms with Crippen molar-refractivity contribution in [2.75, 3.05) is 5.32 Å². The molecule has 0 saturated heterocycles. The first kappa shape index (κ1) is 18.4. The molecule has 1 aliphatic rings. The Morgan fingerprint density at radius 1 is 1.33 bits per heavy atom. The molecule has 27 heavy (non-hydrogen) atoms. The highest BCUT2D eigenvalue weighted by Gasteiger charge is 2.24. The summed E-state index contributed by atoms with van der Waals surface area (Å²) in [6.45, 7) is 1.98. The van der Waals surface area contributed by atoms with Gasteiger partial charge in [-0.2, -0.15) is 0 Å². The van der Waals surface area contributed by atoms with Crippen molar-refractivity contribution in [3.63, 3.8) is 0 Å². The Bertz CT molecular complexity index is 1090. The molecule has 0 aliphatic heterocycles. The topological polar surface area (TPSA) is 76.9 Å². The van der Waals surface area contributed by atoms with E-state index in [-0.39, 0.29) is 12.1 Å². The van der Waals surface area contributed by atoms with Crippen LogP contribution in [-0.4, -0.2) is 20.9 Å². The van der Waals surface area contributed by atoms with Gasteiger partial charge in [-0.3, -0.25) is 9.59 Å². The van der Waals surface area contributed by atoms with E-state index in [1.807, 2.05) is 0 Å². The number of hydrogen-bond acceptors (Lipinski definition) is 5. The predicted molar refractivity (Wildman–Crippen MR) is 108 cm³/mol. The van der Waals surface area contributed by atoms with Gasteiger partial charge in [0, 0.05) is 20.6 Å². The van der Waals surface area contributed by atoms with Crippen molar-refractivity contribution in [2.24, 2.45) is 5.92 Å². The minimum atomic E-state index is -0.401. The molecular weight excluding hydrogens is 407 g/mol. The van der Waals surface area contributed by atoms with E-state index in [9.17, 15) is 9.59 Å². The number of aromatic nitrogens is 3. The summed E-state index contributed by atoms with van der Waals surface area (Å²) in [6, 6.07) is 4.74. The van der Waals surface area contributed by atoms with E-state index < -0.39 is 5.91 Å². The number of thiophene rings is 1. The molecule has 6 nitrogen and oxygen atoms in total. The lowest BCUT2D eigenvalue weighted by molar-refractivity contribution is -0.117. The number of rotatable bonds is 3. The first-order chi connectivity index (χ1) is 12.9. The number of aryl methyl sites for hydroxylation is 1. The summed E-state index contributed by atoms with van der Waals surface area (Å²) < 4.78 is 1.11. The summed E-state index contributed by atoms with van der Waals surface area (Å²) in [5.74, 6) is 0.206. The fraction of sp³-hybridized carbons (Fsp3) is 0.333. The molecule has 1 amide bonds. The Morgan fingerprint density at radius 3 is 2.81 bits per heavy atom. The molecular formula is C18H16Cl2N4O2S. The largest absolute Gasteiger partial charge is 0.324 e. The molecule has 9 heteroatoms. The summed E-state index contributed by atoms with van der Waals surface area (Å²) >= 11 is 13.4. The average molecular weight is 423 g/mol. The van der Waals surface area contributed by atoms with Crippen LogP contribution >= 0.6 is 34.5 Å². The van der Waals surface area contributed by atoms with Crippen molar-refractivity contribution in [1.29, 1.82) is 0 Å². The lowest BCUT2D eigenvalue weighted by Crippen LogP contribution is -2.30. The van der Waals surface area contributed by atoms with E-state index in [4.69, 9.17) is 23.2 Å². The van der Waals surface area contributed by atoms with Crippen LogP contribution in [0.2, 0.25) is 10.0 Å². The highest BCUT2D eigenvalue weighted by molar-refractivity contribution is 7.18. The van der Waals surface area contributed by atoms with Crippen LogP contribution in [0.1, 0.15) is 23.8 Å². The van der Waals surface area contributed by atoms with Gasteiger partial charge in [0.05, 0.1) is 5.39 Å². The van der Waals surface area contributed by atoms with E-state index in [2.05, 4.69) is 22.6 Å². The van der Waals surface area contributed by atoms with Crippen molar-refractivity contribution in [1.82, 2.24) is 15.0 Å². The van der Waals surface area contributed by atoms with Crippen LogP contribution in [0, 0.1) is 5.92 Å². The van der Waals surface area contributed by atoms with Crippen molar-refractivity contribution in [3.8, 4) is 0 Å². The summed E-state index contributed by atoms with van der Waals surface area (Å²) in [7, 11) is 0. The SMILES string of the molecule is C[C@H]1CCc2c(sc3nnn(CC(=O)Nc4cc(Cl)cc(Cl)c4)c(=O)c23)C1. The first-order valence-corrected chi connectivity index (χ1v) is 10.1. The van der Waals surface area contributed by atoms with Crippen LogP contribution < -0.4 is 10.9 Å². The lowest BCUT2D eigenvalue weighted by atomic mass is 9.89. The van der Waals surface area contributed by atoms with Gasteiger partial charge in [-0.1, -0.05) is 35.3 Å². The highest BCUT2D eigenvalue weighted by Crippen LogP contribution is 2.35. The standard InChI is InChI=1S/C18H16Cl2N4O2S/c1-9-2-3-13-14(4-9)27-17-16(13)18(26)24(23-22-17)8-15(25)21-12-6-10(19)5-11(20)7-12/h5-7,9H,2-4,8H2,1H3,(H,21,25)/t9-/m0/s1. The molecule has 1 atom stereocenters. The molecule has 4 rings (SSSR count). The number of carbonyl (C=O) groups excluding carboxylic acids is 1. The van der Waals surface area contributed by atoms with E-state index in [0.717, 1.165) is 29.5 Å². The van der Waals surface area contributed by atoms with Crippen LogP contribution in [0.3, 0.4) is 0 Å². The van der Waals surface area contributed by atoms with Gasteiger partial charge in [0.2, 0.25) is 5.91 Å². The zero-order chi connectivity index (χ0) is 19.1. The van der Waals surface area contributed by atoms with Gasteiger partial charge >= 0.3 is 0 Å². The lowest BCUT2D eigenvalue weighted by Gasteiger charge is -2.17. The Labute approximate surface area is 169 Å². The number of nitrogens with zero attached hydrogens (tertiary/aromatic N) is 3. The number of halogens is 2. The maximum atomic E-state index is 12.9. The minimum Gasteiger partial charge on any atom is -0.324 e. The quantitative estimate of drug-likeness (QED) is 0.693. The molecule has 1 aliphatic carbocycles. The monoisotopic (exact) mass is 422 g/mol. The second kappa shape index (κ2) is 7.22. The van der Waals surface area contributed by atoms with Gasteiger partial charge in [-0.25, -0.2) is 4.68 Å². The fourth-order valence-corrected chi connectivity index (χ4v) is 5.20. The number of amides is 1. The Kier molecular flexibility index (Phi) is 4.92. The second-order valence-electron chi connectivity index (χ2n) is 6.79. The van der Waals surface area contributed by atoms with Gasteiger partial charge in [-0.05, 0) is 48.9 Å². The molecule has 0 radical (unpaired) electrons. The molecule has 3 aromatic rings. The van der Waals surface area contributed by atoms with E-state index >= 15 is 0 Å². The molecule has 2 heterocycles. The molecule has 0 saturated carbocycles. The zero-order valence-electron chi connectivity index (χ0n) is 14.5. The Hall–Kier alpha value is -1.96. The van der Waals surface area contributed by atoms with Crippen LogP contribution in [-0.2, 0) is 24.2 Å². The smallest absolute Gasteiger partial charge is 0.279 e. The van der Waals surface area contributed by atoms with Gasteiger partial charge in [0.25, 0.3) is 5.56 Å². The average Bonchev–Trinajstić information content (AvgIpc) is 2.94. The first-order valence-electron chi connectivity index (χ1n) is 8.54. The molecule has 2 aromatic heterocycles. The molecule has 0 spiro atoms. The van der Waals surface area contributed by atoms with Crippen LogP contribution in [0.15, 0.2) is 23.0 Å². The number of anilines is 1. The van der Waals surface area contributed by atoms with Crippen molar-refractivity contribution >= 4 is 56.3 Å². The molecule has 1 N–H and O–H groups in total. The fourth-order valence-electron chi connectivity index (χ4n) is 3.36. The third-order valence-electron chi connectivity index (χ3n) is 4.62. The van der Waals surface area contributed by atoms with Crippen LogP contribution in [0.5, 0.6) is 0 Å². The normalized spacial score (nSPS) is 16.3. The van der Waals surface area contributed by atoms with Gasteiger partial charge in [0.1, 0.15) is 6.54 Å². The summed E-state index contributed by atoms with van der Waals surface area (Å²) in [4.78, 5) is 27.1. The Morgan fingerprint density at radius 2 is 2.07 bits per heavy atom. The number of nitrogens with one attached hydrogen (secondary N) is 1. The zero-order valence-corrected chi connectivity index (χ0v) is 16.8. The number of fused-ring (bicyclic) bond motifs is 3. The van der Waals surface area contributed by atoms with Crippen molar-refractivity contribution in [2.45, 2.75) is 32.7 Å². The third-order valence-corrected chi connectivity index (χ3v) is 6.20. The highest BCUT2D eigenvalue weighted by atomic mass is 35.5. The van der Waals surface area contributed by atoms with E-state index in [0.29, 0.717) is 31.9 Å². The molecule has 140 valence electrons. The summed E-state index contributed by atoms with van der Waals surface area (Å²) in [5, 5.41) is 12.2. The van der Waals surface area contributed by atoms with Crippen LogP contribution in [0.4, 0.5) is 5.69 Å². The summed E-state index contributed by atoms with van der Waals surface area (Å²) in [6.07, 6.45) is 2.88. The predicted octanol–water partition coefficient (Wildman–Crippen LogP) is 3.92.